The monoisotopic (exact) mass is 588 g/mol. The van der Waals surface area contributed by atoms with E-state index in [0.717, 1.165) is 5.56 Å². The van der Waals surface area contributed by atoms with Gasteiger partial charge in [0, 0.05) is 0 Å². The first-order valence-corrected chi connectivity index (χ1v) is 12.2. The van der Waals surface area contributed by atoms with Crippen LogP contribution in [-0.2, 0) is 25.6 Å². The van der Waals surface area contributed by atoms with E-state index in [1.807, 2.05) is 30.3 Å². The number of carbonyl (C=O) groups is 3. The molecular weight excluding hydrogens is 563 g/mol. The van der Waals surface area contributed by atoms with E-state index in [9.17, 15) is 19.3 Å². The van der Waals surface area contributed by atoms with Crippen molar-refractivity contribution in [3.8, 4) is 5.75 Å². The molecule has 34 heavy (non-hydrogen) atoms. The van der Waals surface area contributed by atoms with Gasteiger partial charge < -0.3 is 10.1 Å². The first-order valence-electron chi connectivity index (χ1n) is 10.1. The third-order valence-corrected chi connectivity index (χ3v) is 6.04. The van der Waals surface area contributed by atoms with Crippen LogP contribution < -0.4 is 31.5 Å². The maximum atomic E-state index is 12.3. The molecule has 0 aromatic heterocycles. The maximum absolute atomic E-state index is 12.3. The molecular formula is C22H25IN2O9. The number of halogens is 1. The Labute approximate surface area is 206 Å². The van der Waals surface area contributed by atoms with Gasteiger partial charge in [0.1, 0.15) is 6.61 Å². The number of benzene rings is 2. The molecule has 0 radical (unpaired) electrons. The van der Waals surface area contributed by atoms with E-state index in [1.54, 1.807) is 13.8 Å². The first-order chi connectivity index (χ1) is 16.2. The van der Waals surface area contributed by atoms with E-state index >= 15 is 0 Å². The van der Waals surface area contributed by atoms with Crippen LogP contribution in [0.3, 0.4) is 0 Å². The predicted molar refractivity (Wildman–Crippen MR) is 112 cm³/mol. The van der Waals surface area contributed by atoms with Gasteiger partial charge in [0.25, 0.3) is 0 Å². The van der Waals surface area contributed by atoms with Crippen LogP contribution in [0.2, 0.25) is 0 Å². The Hall–Kier alpha value is -3.42. The first kappa shape index (κ1) is 26.8. The van der Waals surface area contributed by atoms with Gasteiger partial charge in [-0.05, 0) is 5.56 Å². The summed E-state index contributed by atoms with van der Waals surface area (Å²) in [5.41, 5.74) is 0.832. The number of esters is 1. The summed E-state index contributed by atoms with van der Waals surface area (Å²) in [6.07, 6.45) is -1.76. The fourth-order valence-electron chi connectivity index (χ4n) is 2.57. The molecule has 0 heterocycles. The quantitative estimate of drug-likeness (QED) is 0.0944. The van der Waals surface area contributed by atoms with Gasteiger partial charge >= 0.3 is 136 Å². The van der Waals surface area contributed by atoms with E-state index < -0.39 is 52.4 Å². The molecule has 0 saturated heterocycles. The van der Waals surface area contributed by atoms with Gasteiger partial charge in [-0.3, -0.25) is 0 Å². The molecule has 1 amide bonds. The minimum absolute atomic E-state index is 0.0157. The van der Waals surface area contributed by atoms with Crippen molar-refractivity contribution in [3.63, 3.8) is 0 Å². The summed E-state index contributed by atoms with van der Waals surface area (Å²) >= 11 is -1.25. The van der Waals surface area contributed by atoms with Crippen molar-refractivity contribution in [2.75, 3.05) is 13.3 Å². The number of hydrogen-bond donors (Lipinski definition) is 2. The number of carbonyl (C=O) groups excluding carboxylic acids is 3. The number of alkyl carbamates (subject to hydrolysis) is 1. The number of amides is 1. The second-order valence-corrected chi connectivity index (χ2v) is 9.69. The summed E-state index contributed by atoms with van der Waals surface area (Å²) < 4.78 is 20.3. The molecule has 0 saturated carbocycles. The summed E-state index contributed by atoms with van der Waals surface area (Å²) in [6.45, 7) is 2.98. The van der Waals surface area contributed by atoms with Crippen molar-refractivity contribution in [1.82, 2.24) is 5.32 Å². The molecule has 0 aliphatic rings. The molecule has 2 aromatic rings. The van der Waals surface area contributed by atoms with Gasteiger partial charge in [0.2, 0.25) is 0 Å². The normalized spacial score (nSPS) is 11.4. The Bertz CT molecular complexity index is 968. The molecule has 184 valence electrons. The van der Waals surface area contributed by atoms with Crippen molar-refractivity contribution in [3.05, 3.63) is 68.6 Å². The fraction of sp³-hybridized carbons (Fsp3) is 0.318. The topological polar surface area (TPSA) is 140 Å². The minimum atomic E-state index is -1.25. The zero-order chi connectivity index (χ0) is 24.9. The Balaban J connectivity index is 1.71. The van der Waals surface area contributed by atoms with Crippen LogP contribution in [-0.4, -0.2) is 39.9 Å². The zero-order valence-electron chi connectivity index (χ0n) is 18.5. The number of nitrogens with one attached hydrogen (secondary N) is 1. The standard InChI is InChI=1S/C22H25IN2O9/c1-15(2)19(12-24-21(27)31-13-16-6-4-3-5-7-16)20(26)32-14-33-22(28)34-18-10-8-17(9-11-18)23-25(29)30/h3-11,15,19H,12-14H2,1-2H3,(H,24,27)(H,29,30)/t19-/m0/s1. The molecule has 0 spiro atoms. The average molecular weight is 588 g/mol. The van der Waals surface area contributed by atoms with Gasteiger partial charge in [-0.1, -0.05) is 44.2 Å². The second-order valence-electron chi connectivity index (χ2n) is 7.14. The van der Waals surface area contributed by atoms with Gasteiger partial charge in [-0.25, -0.2) is 4.79 Å². The van der Waals surface area contributed by atoms with Crippen molar-refractivity contribution in [1.29, 1.82) is 0 Å². The SMILES string of the molecule is CC(C)[C@H](CNC(=O)OCc1ccccc1)C(=O)OCOC(=O)Oc1ccc([I-][N+](=O)O)cc1. The second kappa shape index (κ2) is 14.0. The fourth-order valence-corrected chi connectivity index (χ4v) is 3.73. The van der Waals surface area contributed by atoms with Crippen molar-refractivity contribution < 1.29 is 63.2 Å². The molecule has 0 unspecified atom stereocenters. The number of hydrogen-bond acceptors (Lipinski definition) is 8. The number of ether oxygens (including phenoxy) is 4. The van der Waals surface area contributed by atoms with E-state index in [1.165, 1.54) is 24.3 Å². The summed E-state index contributed by atoms with van der Waals surface area (Å²) in [4.78, 5) is 46.7. The Kier molecular flexibility index (Phi) is 11.0. The molecule has 2 aromatic carbocycles. The third-order valence-electron chi connectivity index (χ3n) is 4.35. The van der Waals surface area contributed by atoms with Gasteiger partial charge in [-0.2, -0.15) is 0 Å². The van der Waals surface area contributed by atoms with Gasteiger partial charge in [-0.15, -0.1) is 0 Å². The predicted octanol–water partition coefficient (Wildman–Crippen LogP) is 0.243. The van der Waals surface area contributed by atoms with Crippen LogP contribution >= 0.6 is 0 Å². The van der Waals surface area contributed by atoms with Crippen LogP contribution in [0.1, 0.15) is 19.4 Å². The average Bonchev–Trinajstić information content (AvgIpc) is 2.79. The Morgan fingerprint density at radius 3 is 2.29 bits per heavy atom. The molecule has 1 atom stereocenters. The van der Waals surface area contributed by atoms with Gasteiger partial charge in [0.05, 0.1) is 0 Å². The van der Waals surface area contributed by atoms with Crippen molar-refractivity contribution in [2.24, 2.45) is 11.8 Å². The molecule has 2 N–H and O–H groups in total. The van der Waals surface area contributed by atoms with Crippen LogP contribution in [0.4, 0.5) is 9.59 Å². The summed E-state index contributed by atoms with van der Waals surface area (Å²) in [5, 5.41) is 11.2. The summed E-state index contributed by atoms with van der Waals surface area (Å²) in [6, 6.07) is 15.1. The van der Waals surface area contributed by atoms with E-state index in [2.05, 4.69) is 5.32 Å². The molecule has 0 fully saturated rings. The number of rotatable bonds is 11. The van der Waals surface area contributed by atoms with Crippen molar-refractivity contribution in [2.45, 2.75) is 20.5 Å². The van der Waals surface area contributed by atoms with Crippen LogP contribution in [0.5, 0.6) is 5.75 Å². The summed E-state index contributed by atoms with van der Waals surface area (Å²) in [5.74, 6) is -1.37. The van der Waals surface area contributed by atoms with Crippen LogP contribution in [0, 0.1) is 20.3 Å². The summed E-state index contributed by atoms with van der Waals surface area (Å²) in [7, 11) is 0. The third kappa shape index (κ3) is 10.0. The number of nitrogens with zero attached hydrogens (tertiary/aromatic N) is 1. The van der Waals surface area contributed by atoms with Crippen LogP contribution in [0.15, 0.2) is 54.6 Å². The van der Waals surface area contributed by atoms with Gasteiger partial charge in [0.15, 0.2) is 0 Å². The van der Waals surface area contributed by atoms with E-state index in [4.69, 9.17) is 24.2 Å². The molecule has 0 aliphatic heterocycles. The Morgan fingerprint density at radius 1 is 1.00 bits per heavy atom. The molecule has 0 aliphatic carbocycles. The molecule has 0 bridgehead atoms. The molecule has 2 rings (SSSR count). The molecule has 11 nitrogen and oxygen atoms in total. The van der Waals surface area contributed by atoms with E-state index in [0.29, 0.717) is 3.57 Å². The Morgan fingerprint density at radius 2 is 1.68 bits per heavy atom. The van der Waals surface area contributed by atoms with Crippen LogP contribution in [0.25, 0.3) is 0 Å². The van der Waals surface area contributed by atoms with E-state index in [-0.39, 0.29) is 28.0 Å². The van der Waals surface area contributed by atoms with Crippen molar-refractivity contribution >= 4 is 18.2 Å². The molecule has 12 heteroatoms. The zero-order valence-corrected chi connectivity index (χ0v) is 20.7.